The third kappa shape index (κ3) is 5.57. The average molecular weight is 380 g/mol. The molecule has 148 valence electrons. The molecule has 0 bridgehead atoms. The van der Waals surface area contributed by atoms with Gasteiger partial charge in [-0.05, 0) is 36.1 Å². The Labute approximate surface area is 167 Å². The van der Waals surface area contributed by atoms with E-state index in [0.29, 0.717) is 12.6 Å². The molecule has 0 spiro atoms. The van der Waals surface area contributed by atoms with Crippen molar-refractivity contribution in [2.24, 2.45) is 0 Å². The Balaban J connectivity index is 1.22. The summed E-state index contributed by atoms with van der Waals surface area (Å²) in [6.07, 6.45) is 3.16. The van der Waals surface area contributed by atoms with Gasteiger partial charge in [-0.3, -0.25) is 9.69 Å². The molecule has 0 aromatic heterocycles. The number of ether oxygens (including phenoxy) is 1. The van der Waals surface area contributed by atoms with Crippen LogP contribution in [0.5, 0.6) is 5.75 Å². The highest BCUT2D eigenvalue weighted by molar-refractivity contribution is 5.82. The minimum atomic E-state index is -0.102. The summed E-state index contributed by atoms with van der Waals surface area (Å²) in [7, 11) is 0. The zero-order chi connectivity index (χ0) is 19.2. The molecule has 1 aliphatic heterocycles. The number of carbonyl (C=O) groups is 1. The van der Waals surface area contributed by atoms with Gasteiger partial charge in [0, 0.05) is 38.6 Å². The average Bonchev–Trinajstić information content (AvgIpc) is 3.54. The number of piperazine rings is 1. The van der Waals surface area contributed by atoms with Gasteiger partial charge in [-0.2, -0.15) is 0 Å². The van der Waals surface area contributed by atoms with Crippen molar-refractivity contribution in [1.82, 2.24) is 15.5 Å². The highest BCUT2D eigenvalue weighted by Gasteiger charge is 2.30. The lowest BCUT2D eigenvalue weighted by Crippen LogP contribution is -2.57. The summed E-state index contributed by atoms with van der Waals surface area (Å²) in [6, 6.07) is 19.0. The van der Waals surface area contributed by atoms with Crippen molar-refractivity contribution < 1.29 is 9.53 Å². The van der Waals surface area contributed by atoms with Crippen LogP contribution in [0, 0.1) is 0 Å². The lowest BCUT2D eigenvalue weighted by atomic mass is 10.1. The monoisotopic (exact) mass is 379 g/mol. The molecule has 1 atom stereocenters. The number of amides is 1. The summed E-state index contributed by atoms with van der Waals surface area (Å²) in [4.78, 5) is 14.6. The molecular weight excluding hydrogens is 350 g/mol. The van der Waals surface area contributed by atoms with E-state index in [4.69, 9.17) is 4.74 Å². The van der Waals surface area contributed by atoms with Crippen LogP contribution in [0.4, 0.5) is 0 Å². The lowest BCUT2D eigenvalue weighted by molar-refractivity contribution is -0.124. The van der Waals surface area contributed by atoms with E-state index in [9.17, 15) is 4.79 Å². The summed E-state index contributed by atoms with van der Waals surface area (Å²) in [5.74, 6) is 1.05. The maximum Gasteiger partial charge on any atom is 0.238 e. The lowest BCUT2D eigenvalue weighted by Gasteiger charge is -2.33. The molecule has 0 radical (unpaired) electrons. The van der Waals surface area contributed by atoms with E-state index in [1.54, 1.807) is 0 Å². The first-order chi connectivity index (χ1) is 13.8. The number of hydrogen-bond acceptors (Lipinski definition) is 4. The van der Waals surface area contributed by atoms with E-state index in [1.165, 1.54) is 11.1 Å². The smallest absolute Gasteiger partial charge is 0.238 e. The molecule has 5 nitrogen and oxygen atoms in total. The van der Waals surface area contributed by atoms with E-state index in [-0.39, 0.29) is 11.9 Å². The van der Waals surface area contributed by atoms with Crippen molar-refractivity contribution in [3.05, 3.63) is 65.7 Å². The van der Waals surface area contributed by atoms with Crippen LogP contribution in [0.1, 0.15) is 24.0 Å². The molecule has 1 saturated heterocycles. The standard InChI is InChI=1S/C23H29N3O2/c27-23(25-20-8-9-20)22-17-26(14-13-24-22)16-19-6-10-21(11-7-19)28-15-12-18-4-2-1-3-5-18/h1-7,10-11,20,22,24H,8-9,12-17H2,(H,25,27)/t22-/m1/s1. The Morgan fingerprint density at radius 3 is 2.61 bits per heavy atom. The Bertz CT molecular complexity index is 759. The van der Waals surface area contributed by atoms with Crippen LogP contribution in [-0.4, -0.2) is 49.1 Å². The molecular formula is C23H29N3O2. The third-order valence-electron chi connectivity index (χ3n) is 5.33. The zero-order valence-electron chi connectivity index (χ0n) is 16.3. The van der Waals surface area contributed by atoms with Crippen LogP contribution in [0.3, 0.4) is 0 Å². The van der Waals surface area contributed by atoms with Crippen LogP contribution < -0.4 is 15.4 Å². The van der Waals surface area contributed by atoms with Crippen LogP contribution in [0.15, 0.2) is 54.6 Å². The van der Waals surface area contributed by atoms with Gasteiger partial charge in [0.25, 0.3) is 0 Å². The molecule has 2 aromatic rings. The first-order valence-corrected chi connectivity index (χ1v) is 10.3. The molecule has 4 rings (SSSR count). The molecule has 28 heavy (non-hydrogen) atoms. The van der Waals surface area contributed by atoms with Crippen molar-refractivity contribution in [3.63, 3.8) is 0 Å². The summed E-state index contributed by atoms with van der Waals surface area (Å²) in [5, 5.41) is 6.44. The number of rotatable bonds is 8. The van der Waals surface area contributed by atoms with Gasteiger partial charge in [0.2, 0.25) is 5.91 Å². The minimum Gasteiger partial charge on any atom is -0.493 e. The van der Waals surface area contributed by atoms with Crippen LogP contribution >= 0.6 is 0 Å². The second-order valence-corrected chi connectivity index (χ2v) is 7.75. The topological polar surface area (TPSA) is 53.6 Å². The Morgan fingerprint density at radius 2 is 1.86 bits per heavy atom. The molecule has 2 N–H and O–H groups in total. The summed E-state index contributed by atoms with van der Waals surface area (Å²) in [5.41, 5.74) is 2.54. The van der Waals surface area contributed by atoms with Crippen LogP contribution in [-0.2, 0) is 17.8 Å². The van der Waals surface area contributed by atoms with Crippen molar-refractivity contribution in [2.45, 2.75) is 37.9 Å². The number of carbonyl (C=O) groups excluding carboxylic acids is 1. The predicted molar refractivity (Wildman–Crippen MR) is 110 cm³/mol. The van der Waals surface area contributed by atoms with Gasteiger partial charge in [0.1, 0.15) is 5.75 Å². The molecule has 1 aliphatic carbocycles. The fraction of sp³-hybridized carbons (Fsp3) is 0.435. The highest BCUT2D eigenvalue weighted by Crippen LogP contribution is 2.19. The molecule has 2 fully saturated rings. The Kier molecular flexibility index (Phi) is 6.24. The summed E-state index contributed by atoms with van der Waals surface area (Å²) in [6.45, 7) is 4.11. The van der Waals surface area contributed by atoms with Gasteiger partial charge in [-0.25, -0.2) is 0 Å². The first-order valence-electron chi connectivity index (χ1n) is 10.3. The molecule has 2 aliphatic rings. The maximum absolute atomic E-state index is 12.3. The molecule has 1 saturated carbocycles. The van der Waals surface area contributed by atoms with Crippen LogP contribution in [0.25, 0.3) is 0 Å². The number of nitrogens with zero attached hydrogens (tertiary/aromatic N) is 1. The van der Waals surface area contributed by atoms with Gasteiger partial charge < -0.3 is 15.4 Å². The van der Waals surface area contributed by atoms with Gasteiger partial charge in [-0.1, -0.05) is 42.5 Å². The normalized spacial score (nSPS) is 19.9. The summed E-state index contributed by atoms with van der Waals surface area (Å²) < 4.78 is 5.87. The zero-order valence-corrected chi connectivity index (χ0v) is 16.3. The van der Waals surface area contributed by atoms with E-state index < -0.39 is 0 Å². The molecule has 1 amide bonds. The third-order valence-corrected chi connectivity index (χ3v) is 5.33. The second kappa shape index (κ2) is 9.22. The van der Waals surface area contributed by atoms with Crippen molar-refractivity contribution in [2.75, 3.05) is 26.2 Å². The SMILES string of the molecule is O=C(NC1CC1)[C@H]1CN(Cc2ccc(OCCc3ccccc3)cc2)CCN1. The van der Waals surface area contributed by atoms with Crippen molar-refractivity contribution >= 4 is 5.91 Å². The number of hydrogen-bond donors (Lipinski definition) is 2. The Morgan fingerprint density at radius 1 is 1.07 bits per heavy atom. The molecule has 5 heteroatoms. The van der Waals surface area contributed by atoms with Gasteiger partial charge in [0.05, 0.1) is 12.6 Å². The fourth-order valence-corrected chi connectivity index (χ4v) is 3.54. The summed E-state index contributed by atoms with van der Waals surface area (Å²) >= 11 is 0. The number of benzene rings is 2. The van der Waals surface area contributed by atoms with E-state index >= 15 is 0 Å². The molecule has 0 unspecified atom stereocenters. The quantitative estimate of drug-likeness (QED) is 0.739. The molecule has 1 heterocycles. The van der Waals surface area contributed by atoms with E-state index in [0.717, 1.165) is 51.2 Å². The van der Waals surface area contributed by atoms with E-state index in [1.807, 2.05) is 18.2 Å². The predicted octanol–water partition coefficient (Wildman–Crippen LogP) is 2.36. The molecule has 2 aromatic carbocycles. The van der Waals surface area contributed by atoms with Gasteiger partial charge >= 0.3 is 0 Å². The Hall–Kier alpha value is -2.37. The van der Waals surface area contributed by atoms with E-state index in [2.05, 4.69) is 51.9 Å². The van der Waals surface area contributed by atoms with Gasteiger partial charge in [-0.15, -0.1) is 0 Å². The van der Waals surface area contributed by atoms with Crippen LogP contribution in [0.2, 0.25) is 0 Å². The minimum absolute atomic E-state index is 0.102. The fourth-order valence-electron chi connectivity index (χ4n) is 3.54. The van der Waals surface area contributed by atoms with Gasteiger partial charge in [0.15, 0.2) is 0 Å². The number of nitrogens with one attached hydrogen (secondary N) is 2. The van der Waals surface area contributed by atoms with Crippen molar-refractivity contribution in [3.8, 4) is 5.75 Å². The second-order valence-electron chi connectivity index (χ2n) is 7.75. The first kappa shape index (κ1) is 19.0. The maximum atomic E-state index is 12.3. The van der Waals surface area contributed by atoms with Crippen molar-refractivity contribution in [1.29, 1.82) is 0 Å². The largest absolute Gasteiger partial charge is 0.493 e. The highest BCUT2D eigenvalue weighted by atomic mass is 16.5.